The third kappa shape index (κ3) is 3.60. The minimum absolute atomic E-state index is 0.0873. The zero-order chi connectivity index (χ0) is 21.5. The third-order valence-corrected chi connectivity index (χ3v) is 10.8. The van der Waals surface area contributed by atoms with E-state index in [1.807, 2.05) is 0 Å². The Kier molecular flexibility index (Phi) is 6.24. The van der Waals surface area contributed by atoms with Crippen LogP contribution in [0.2, 0.25) is 0 Å². The topological polar surface area (TPSA) is 54.4 Å². The van der Waals surface area contributed by atoms with Crippen LogP contribution in [-0.4, -0.2) is 17.0 Å². The van der Waals surface area contributed by atoms with Crippen LogP contribution in [0.3, 0.4) is 0 Å². The van der Waals surface area contributed by atoms with Gasteiger partial charge in [-0.25, -0.2) is 9.59 Å². The molecule has 3 nitrogen and oxygen atoms in total. The van der Waals surface area contributed by atoms with Gasteiger partial charge in [0.1, 0.15) is 11.5 Å². The molecule has 3 heteroatoms. The van der Waals surface area contributed by atoms with E-state index in [2.05, 4.69) is 20.8 Å². The average molecular weight is 415 g/mol. The van der Waals surface area contributed by atoms with Crippen LogP contribution in [0, 0.1) is 46.3 Å². The number of carbonyl (C=O) groups is 1. The summed E-state index contributed by atoms with van der Waals surface area (Å²) in [6.45, 7) is 7.64. The molecule has 168 valence electrons. The third-order valence-electron chi connectivity index (χ3n) is 10.8. The Morgan fingerprint density at radius 1 is 1.00 bits per heavy atom. The predicted octanol–water partition coefficient (Wildman–Crippen LogP) is 6.68. The van der Waals surface area contributed by atoms with Crippen LogP contribution in [0.5, 0.6) is 0 Å². The van der Waals surface area contributed by atoms with Gasteiger partial charge in [-0.05, 0) is 111 Å². The lowest BCUT2D eigenvalue weighted by Gasteiger charge is -2.61. The molecule has 8 atom stereocenters. The van der Waals surface area contributed by atoms with Crippen molar-refractivity contribution in [2.75, 3.05) is 0 Å². The second kappa shape index (κ2) is 8.45. The van der Waals surface area contributed by atoms with Crippen LogP contribution in [0.15, 0.2) is 5.57 Å². The summed E-state index contributed by atoms with van der Waals surface area (Å²) < 4.78 is 0. The molecule has 4 aliphatic carbocycles. The predicted molar refractivity (Wildman–Crippen MR) is 120 cm³/mol. The lowest BCUT2D eigenvalue weighted by Crippen LogP contribution is -2.53. The van der Waals surface area contributed by atoms with E-state index >= 15 is 0 Å². The van der Waals surface area contributed by atoms with Gasteiger partial charge in [0.15, 0.2) is 0 Å². The zero-order valence-corrected chi connectivity index (χ0v) is 19.4. The van der Waals surface area contributed by atoms with E-state index in [1.54, 1.807) is 5.94 Å². The molecule has 0 bridgehead atoms. The first-order chi connectivity index (χ1) is 14.3. The van der Waals surface area contributed by atoms with E-state index in [9.17, 15) is 9.59 Å². The van der Waals surface area contributed by atoms with Crippen LogP contribution in [0.25, 0.3) is 0 Å². The van der Waals surface area contributed by atoms with Crippen molar-refractivity contribution >= 4 is 11.9 Å². The number of carboxylic acids is 1. The second-order valence-electron chi connectivity index (χ2n) is 11.9. The van der Waals surface area contributed by atoms with Gasteiger partial charge in [-0.1, -0.05) is 40.0 Å². The van der Waals surface area contributed by atoms with Crippen LogP contribution >= 0.6 is 0 Å². The highest BCUT2D eigenvalue weighted by atomic mass is 16.4. The lowest BCUT2D eigenvalue weighted by atomic mass is 9.44. The molecule has 4 fully saturated rings. The molecule has 0 heterocycles. The quantitative estimate of drug-likeness (QED) is 0.389. The molecule has 0 aromatic rings. The Balaban J connectivity index is 1.42. The van der Waals surface area contributed by atoms with Gasteiger partial charge in [0, 0.05) is 0 Å². The van der Waals surface area contributed by atoms with Crippen molar-refractivity contribution in [2.24, 2.45) is 46.3 Å². The van der Waals surface area contributed by atoms with Gasteiger partial charge in [0.05, 0.1) is 0 Å². The minimum atomic E-state index is -1.10. The first kappa shape index (κ1) is 22.1. The van der Waals surface area contributed by atoms with Crippen molar-refractivity contribution in [3.05, 3.63) is 5.57 Å². The Morgan fingerprint density at radius 2 is 1.77 bits per heavy atom. The van der Waals surface area contributed by atoms with Crippen LogP contribution in [-0.2, 0) is 9.59 Å². The molecule has 1 N–H and O–H groups in total. The van der Waals surface area contributed by atoms with Crippen molar-refractivity contribution in [3.63, 3.8) is 0 Å². The molecule has 4 aliphatic rings. The molecule has 0 radical (unpaired) electrons. The van der Waals surface area contributed by atoms with Gasteiger partial charge < -0.3 is 5.11 Å². The van der Waals surface area contributed by atoms with E-state index in [1.165, 1.54) is 64.2 Å². The van der Waals surface area contributed by atoms with Gasteiger partial charge >= 0.3 is 5.97 Å². The summed E-state index contributed by atoms with van der Waals surface area (Å²) >= 11 is 0. The van der Waals surface area contributed by atoms with Gasteiger partial charge in [0.2, 0.25) is 0 Å². The number of hydrogen-bond acceptors (Lipinski definition) is 2. The monoisotopic (exact) mass is 414 g/mol. The number of aliphatic carboxylic acids is 1. The fourth-order valence-corrected chi connectivity index (χ4v) is 9.27. The van der Waals surface area contributed by atoms with Gasteiger partial charge in [-0.3, -0.25) is 0 Å². The standard InChI is InChI=1S/C27H42O3/c1-18(7-6-8-19(17-28)25(29)30)22-12-13-23-21-11-10-20-9-4-5-15-26(20,2)24(21)14-16-27(22,23)3/h18,20-24H,4-16H2,1-3H3,(H,29,30)/t18-,20?,21+,22-,23+,24+,26+,27-/m1/s1. The SMILES string of the molecule is C[C@H](CCCC(=C=O)C(=O)O)[C@H]1CC[C@H]2[C@@H]3CCC4CCCC[C@]4(C)[C@H]3CC[C@]12C. The molecule has 1 unspecified atom stereocenters. The van der Waals surface area contributed by atoms with Gasteiger partial charge in [0.25, 0.3) is 0 Å². The summed E-state index contributed by atoms with van der Waals surface area (Å²) in [6.07, 6.45) is 16.6. The van der Waals surface area contributed by atoms with Crippen LogP contribution in [0.4, 0.5) is 0 Å². The van der Waals surface area contributed by atoms with Crippen molar-refractivity contribution < 1.29 is 14.7 Å². The second-order valence-corrected chi connectivity index (χ2v) is 11.9. The van der Waals surface area contributed by atoms with Crippen molar-refractivity contribution in [2.45, 2.75) is 104 Å². The summed E-state index contributed by atoms with van der Waals surface area (Å²) in [5.41, 5.74) is 0.991. The zero-order valence-electron chi connectivity index (χ0n) is 19.4. The summed E-state index contributed by atoms with van der Waals surface area (Å²) in [7, 11) is 0. The molecular formula is C27H42O3. The maximum absolute atomic E-state index is 11.1. The maximum Gasteiger partial charge on any atom is 0.342 e. The highest BCUT2D eigenvalue weighted by Crippen LogP contribution is 2.68. The molecule has 0 aliphatic heterocycles. The Morgan fingerprint density at radius 3 is 2.50 bits per heavy atom. The molecule has 0 aromatic carbocycles. The van der Waals surface area contributed by atoms with E-state index in [0.29, 0.717) is 23.2 Å². The Hall–Kier alpha value is -1.08. The number of hydrogen-bond donors (Lipinski definition) is 1. The highest BCUT2D eigenvalue weighted by Gasteiger charge is 2.60. The van der Waals surface area contributed by atoms with Crippen molar-refractivity contribution in [1.82, 2.24) is 0 Å². The fraction of sp³-hybridized carbons (Fsp3) is 0.889. The number of carboxylic acid groups (broad SMARTS) is 1. The van der Waals surface area contributed by atoms with E-state index in [0.717, 1.165) is 42.4 Å². The molecule has 30 heavy (non-hydrogen) atoms. The number of fused-ring (bicyclic) bond motifs is 5. The summed E-state index contributed by atoms with van der Waals surface area (Å²) in [6, 6.07) is 0. The first-order valence-electron chi connectivity index (χ1n) is 12.8. The van der Waals surface area contributed by atoms with E-state index in [4.69, 9.17) is 5.11 Å². The fourth-order valence-electron chi connectivity index (χ4n) is 9.27. The van der Waals surface area contributed by atoms with Crippen molar-refractivity contribution in [1.29, 1.82) is 0 Å². The number of rotatable bonds is 6. The number of carbonyl (C=O) groups excluding carboxylic acids is 1. The Labute approximate surface area is 183 Å². The summed E-state index contributed by atoms with van der Waals surface area (Å²) in [5.74, 6) is 5.67. The van der Waals surface area contributed by atoms with Crippen LogP contribution < -0.4 is 0 Å². The van der Waals surface area contributed by atoms with Crippen molar-refractivity contribution in [3.8, 4) is 0 Å². The minimum Gasteiger partial charge on any atom is -0.477 e. The lowest BCUT2D eigenvalue weighted by molar-refractivity contribution is -0.132. The maximum atomic E-state index is 11.1. The van der Waals surface area contributed by atoms with E-state index in [-0.39, 0.29) is 5.57 Å². The first-order valence-corrected chi connectivity index (χ1v) is 12.8. The largest absolute Gasteiger partial charge is 0.477 e. The molecule has 0 aromatic heterocycles. The molecular weight excluding hydrogens is 372 g/mol. The Bertz CT molecular complexity index is 707. The molecule has 4 saturated carbocycles. The highest BCUT2D eigenvalue weighted by molar-refractivity contribution is 5.95. The molecule has 0 spiro atoms. The normalized spacial score (nSPS) is 43.6. The van der Waals surface area contributed by atoms with E-state index < -0.39 is 5.97 Å². The smallest absolute Gasteiger partial charge is 0.342 e. The molecule has 0 saturated heterocycles. The van der Waals surface area contributed by atoms with Gasteiger partial charge in [-0.2, -0.15) is 0 Å². The average Bonchev–Trinajstić information content (AvgIpc) is 3.07. The van der Waals surface area contributed by atoms with Gasteiger partial charge in [-0.15, -0.1) is 0 Å². The molecule has 4 rings (SSSR count). The molecule has 0 amide bonds. The summed E-state index contributed by atoms with van der Waals surface area (Å²) in [4.78, 5) is 21.9. The summed E-state index contributed by atoms with van der Waals surface area (Å²) in [5, 5.41) is 9.06. The van der Waals surface area contributed by atoms with Crippen LogP contribution in [0.1, 0.15) is 104 Å².